The number of aromatic nitrogens is 2. The molecule has 1 atom stereocenters. The molecule has 172 valence electrons. The summed E-state index contributed by atoms with van der Waals surface area (Å²) in [4.78, 5) is 28.8. The number of hydrogen-bond donors (Lipinski definition) is 1. The number of amides is 2. The lowest BCUT2D eigenvalue weighted by Crippen LogP contribution is -2.64. The Morgan fingerprint density at radius 2 is 1.88 bits per heavy atom. The summed E-state index contributed by atoms with van der Waals surface area (Å²) >= 11 is 0. The number of carbonyl (C=O) groups is 2. The third-order valence-corrected chi connectivity index (χ3v) is 6.13. The summed E-state index contributed by atoms with van der Waals surface area (Å²) in [6, 6.07) is 19.4. The van der Waals surface area contributed by atoms with Crippen molar-refractivity contribution >= 4 is 17.5 Å². The Labute approximate surface area is 194 Å². The van der Waals surface area contributed by atoms with Crippen molar-refractivity contribution in [2.24, 2.45) is 0 Å². The van der Waals surface area contributed by atoms with Crippen LogP contribution >= 0.6 is 0 Å². The minimum absolute atomic E-state index is 0.214. The molecule has 2 heterocycles. The molecule has 2 aromatic carbocycles. The normalized spacial score (nSPS) is 17.7. The van der Waals surface area contributed by atoms with Gasteiger partial charge in [0.05, 0.1) is 12.2 Å². The number of methoxy groups -OCH3 is 1. The van der Waals surface area contributed by atoms with Gasteiger partial charge in [-0.25, -0.2) is 0 Å². The van der Waals surface area contributed by atoms with E-state index in [1.165, 1.54) is 5.56 Å². The molecule has 1 aliphatic rings. The van der Waals surface area contributed by atoms with Crippen LogP contribution in [0, 0.1) is 0 Å². The molecule has 0 aliphatic carbocycles. The molecule has 0 saturated carbocycles. The summed E-state index contributed by atoms with van der Waals surface area (Å²) in [6.45, 7) is 5.17. The fraction of sp³-hybridized carbons (Fsp3) is 0.346. The summed E-state index contributed by atoms with van der Waals surface area (Å²) in [5.74, 6) is -0.455. The van der Waals surface area contributed by atoms with Gasteiger partial charge in [-0.15, -0.1) is 0 Å². The van der Waals surface area contributed by atoms with Crippen LogP contribution in [0.3, 0.4) is 0 Å². The highest BCUT2D eigenvalue weighted by atomic mass is 16.5. The van der Waals surface area contributed by atoms with Crippen molar-refractivity contribution in [1.82, 2.24) is 15.1 Å². The number of anilines is 1. The molecule has 0 bridgehead atoms. The standard InChI is InChI=1S/C26H30N4O3/c1-4-19-11-13-21(14-12-19)30-24(31)23-17-22(20-9-6-5-7-10-20)28-29(23)18-26(30,2)25(32)27-15-8-16-33-3/h5-7,9-14,17H,4,8,15-16,18H2,1-3H3,(H,27,32)/t26-/m1/s1. The molecule has 1 aromatic heterocycles. The first-order chi connectivity index (χ1) is 16.0. The molecule has 0 fully saturated rings. The van der Waals surface area contributed by atoms with Gasteiger partial charge in [-0.05, 0) is 43.5 Å². The first-order valence-corrected chi connectivity index (χ1v) is 11.3. The SMILES string of the molecule is CCc1ccc(N2C(=O)c3cc(-c4ccccc4)nn3C[C@]2(C)C(=O)NCCCOC)cc1. The molecular formula is C26H30N4O3. The highest BCUT2D eigenvalue weighted by Crippen LogP contribution is 2.34. The Bertz CT molecular complexity index is 1120. The van der Waals surface area contributed by atoms with Gasteiger partial charge in [0.1, 0.15) is 11.2 Å². The summed E-state index contributed by atoms with van der Waals surface area (Å²) in [6.07, 6.45) is 1.60. The Balaban J connectivity index is 1.73. The Kier molecular flexibility index (Phi) is 6.60. The van der Waals surface area contributed by atoms with Gasteiger partial charge in [0.2, 0.25) is 5.91 Å². The number of rotatable bonds is 8. The first kappa shape index (κ1) is 22.7. The average Bonchev–Trinajstić information content (AvgIpc) is 3.27. The molecule has 4 rings (SSSR count). The predicted molar refractivity (Wildman–Crippen MR) is 128 cm³/mol. The third kappa shape index (κ3) is 4.41. The van der Waals surface area contributed by atoms with Gasteiger partial charge < -0.3 is 10.1 Å². The average molecular weight is 447 g/mol. The molecule has 0 radical (unpaired) electrons. The van der Waals surface area contributed by atoms with Crippen LogP contribution in [-0.4, -0.2) is 47.4 Å². The van der Waals surface area contributed by atoms with E-state index in [0.717, 1.165) is 12.0 Å². The molecule has 0 unspecified atom stereocenters. The highest BCUT2D eigenvalue weighted by Gasteiger charge is 2.48. The first-order valence-electron chi connectivity index (χ1n) is 11.3. The van der Waals surface area contributed by atoms with E-state index in [-0.39, 0.29) is 18.4 Å². The van der Waals surface area contributed by atoms with Gasteiger partial charge in [-0.3, -0.25) is 19.2 Å². The smallest absolute Gasteiger partial charge is 0.277 e. The molecule has 33 heavy (non-hydrogen) atoms. The molecule has 0 saturated heterocycles. The summed E-state index contributed by atoms with van der Waals surface area (Å²) in [5, 5.41) is 7.67. The maximum absolute atomic E-state index is 13.8. The van der Waals surface area contributed by atoms with E-state index in [0.29, 0.717) is 36.6 Å². The van der Waals surface area contributed by atoms with E-state index in [1.54, 1.807) is 29.7 Å². The topological polar surface area (TPSA) is 76.5 Å². The number of carbonyl (C=O) groups excluding carboxylic acids is 2. The Morgan fingerprint density at radius 1 is 1.15 bits per heavy atom. The second-order valence-corrected chi connectivity index (χ2v) is 8.48. The number of aryl methyl sites for hydroxylation is 1. The maximum Gasteiger partial charge on any atom is 0.277 e. The van der Waals surface area contributed by atoms with E-state index < -0.39 is 5.54 Å². The molecule has 7 nitrogen and oxygen atoms in total. The Morgan fingerprint density at radius 3 is 2.55 bits per heavy atom. The summed E-state index contributed by atoms with van der Waals surface area (Å²) in [7, 11) is 1.63. The Hall–Kier alpha value is -3.45. The zero-order valence-electron chi connectivity index (χ0n) is 19.4. The summed E-state index contributed by atoms with van der Waals surface area (Å²) in [5.41, 5.74) is 2.84. The molecule has 7 heteroatoms. The van der Waals surface area contributed by atoms with Gasteiger partial charge in [0, 0.05) is 31.5 Å². The molecule has 3 aromatic rings. The zero-order chi connectivity index (χ0) is 23.4. The second kappa shape index (κ2) is 9.58. The van der Waals surface area contributed by atoms with Crippen molar-refractivity contribution in [2.45, 2.75) is 38.8 Å². The van der Waals surface area contributed by atoms with Crippen LogP contribution in [0.1, 0.15) is 36.3 Å². The van der Waals surface area contributed by atoms with Crippen molar-refractivity contribution in [3.05, 3.63) is 71.9 Å². The van der Waals surface area contributed by atoms with Crippen LogP contribution in [0.25, 0.3) is 11.3 Å². The molecular weight excluding hydrogens is 416 g/mol. The van der Waals surface area contributed by atoms with Crippen LogP contribution < -0.4 is 10.2 Å². The van der Waals surface area contributed by atoms with E-state index in [1.807, 2.05) is 54.6 Å². The van der Waals surface area contributed by atoms with Crippen molar-refractivity contribution < 1.29 is 14.3 Å². The number of benzene rings is 2. The van der Waals surface area contributed by atoms with E-state index >= 15 is 0 Å². The van der Waals surface area contributed by atoms with Crippen LogP contribution in [0.2, 0.25) is 0 Å². The van der Waals surface area contributed by atoms with Crippen LogP contribution in [0.4, 0.5) is 5.69 Å². The van der Waals surface area contributed by atoms with E-state index in [2.05, 4.69) is 17.3 Å². The quantitative estimate of drug-likeness (QED) is 0.536. The number of nitrogens with zero attached hydrogens (tertiary/aromatic N) is 3. The highest BCUT2D eigenvalue weighted by molar-refractivity contribution is 6.12. The largest absolute Gasteiger partial charge is 0.385 e. The number of fused-ring (bicyclic) bond motifs is 1. The minimum Gasteiger partial charge on any atom is -0.385 e. The van der Waals surface area contributed by atoms with Crippen molar-refractivity contribution in [2.75, 3.05) is 25.2 Å². The van der Waals surface area contributed by atoms with Gasteiger partial charge in [0.15, 0.2) is 0 Å². The lowest BCUT2D eigenvalue weighted by atomic mass is 9.93. The van der Waals surface area contributed by atoms with Crippen LogP contribution in [-0.2, 0) is 22.5 Å². The van der Waals surface area contributed by atoms with Crippen molar-refractivity contribution in [3.63, 3.8) is 0 Å². The van der Waals surface area contributed by atoms with Crippen molar-refractivity contribution in [1.29, 1.82) is 0 Å². The van der Waals surface area contributed by atoms with E-state index in [9.17, 15) is 9.59 Å². The monoisotopic (exact) mass is 446 g/mol. The fourth-order valence-electron chi connectivity index (χ4n) is 4.23. The van der Waals surface area contributed by atoms with E-state index in [4.69, 9.17) is 4.74 Å². The van der Waals surface area contributed by atoms with Gasteiger partial charge in [-0.1, -0.05) is 49.4 Å². The lowest BCUT2D eigenvalue weighted by Gasteiger charge is -2.43. The predicted octanol–water partition coefficient (Wildman–Crippen LogP) is 3.68. The molecule has 1 N–H and O–H groups in total. The molecule has 2 amide bonds. The van der Waals surface area contributed by atoms with Gasteiger partial charge in [0.25, 0.3) is 5.91 Å². The van der Waals surface area contributed by atoms with Crippen molar-refractivity contribution in [3.8, 4) is 11.3 Å². The minimum atomic E-state index is -1.13. The molecule has 1 aliphatic heterocycles. The van der Waals surface area contributed by atoms with Crippen LogP contribution in [0.5, 0.6) is 0 Å². The molecule has 0 spiro atoms. The number of nitrogens with one attached hydrogen (secondary N) is 1. The maximum atomic E-state index is 13.8. The second-order valence-electron chi connectivity index (χ2n) is 8.48. The van der Waals surface area contributed by atoms with Gasteiger partial charge >= 0.3 is 0 Å². The fourth-order valence-corrected chi connectivity index (χ4v) is 4.23. The zero-order valence-corrected chi connectivity index (χ0v) is 19.4. The van der Waals surface area contributed by atoms with Crippen LogP contribution in [0.15, 0.2) is 60.7 Å². The number of ether oxygens (including phenoxy) is 1. The van der Waals surface area contributed by atoms with Gasteiger partial charge in [-0.2, -0.15) is 5.10 Å². The number of hydrogen-bond acceptors (Lipinski definition) is 4. The third-order valence-electron chi connectivity index (χ3n) is 6.13. The lowest BCUT2D eigenvalue weighted by molar-refractivity contribution is -0.126. The summed E-state index contributed by atoms with van der Waals surface area (Å²) < 4.78 is 6.75.